The van der Waals surface area contributed by atoms with Crippen LogP contribution < -0.4 is 5.32 Å². The molecule has 0 atom stereocenters. The van der Waals surface area contributed by atoms with Crippen LogP contribution in [0.1, 0.15) is 0 Å². The van der Waals surface area contributed by atoms with E-state index in [-0.39, 0.29) is 6.41 Å². The maximum absolute atomic E-state index is 10.3. The number of amides is 2. The van der Waals surface area contributed by atoms with Crippen LogP contribution >= 0.6 is 0 Å². The van der Waals surface area contributed by atoms with E-state index in [2.05, 4.69) is 0 Å². The van der Waals surface area contributed by atoms with Crippen molar-refractivity contribution >= 4 is 18.3 Å². The van der Waals surface area contributed by atoms with Gasteiger partial charge >= 0.3 is 5.97 Å². The summed E-state index contributed by atoms with van der Waals surface area (Å²) in [5.74, 6) is -1.99. The lowest BCUT2D eigenvalue weighted by atomic mass is 10.5. The second-order valence-electron chi connectivity index (χ2n) is 1.30. The van der Waals surface area contributed by atoms with E-state index < -0.39 is 11.9 Å². The van der Waals surface area contributed by atoms with Gasteiger partial charge in [0.15, 0.2) is 0 Å². The molecular weight excluding hydrogens is 138 g/mol. The third-order valence-corrected chi connectivity index (χ3v) is 0.578. The summed E-state index contributed by atoms with van der Waals surface area (Å²) in [5.41, 5.74) is 0. The molecule has 54 valence electrons. The Morgan fingerprint density at radius 1 is 1.30 bits per heavy atom. The Balaban J connectivity index is 3.77. The van der Waals surface area contributed by atoms with Gasteiger partial charge in [0.2, 0.25) is 6.41 Å². The summed E-state index contributed by atoms with van der Waals surface area (Å²) in [6.45, 7) is 0. The minimum Gasteiger partial charge on any atom is -0.478 e. The van der Waals surface area contributed by atoms with Crippen LogP contribution in [0, 0.1) is 0 Å². The summed E-state index contributed by atoms with van der Waals surface area (Å²) in [6, 6.07) is 0. The molecule has 0 aliphatic rings. The van der Waals surface area contributed by atoms with Crippen molar-refractivity contribution in [1.29, 1.82) is 0 Å². The summed E-state index contributed by atoms with van der Waals surface area (Å²) < 4.78 is 0. The normalized spacial score (nSPS) is 9.20. The van der Waals surface area contributed by atoms with Crippen LogP contribution in [0.2, 0.25) is 0 Å². The van der Waals surface area contributed by atoms with E-state index in [0.29, 0.717) is 6.08 Å². The molecule has 0 saturated carbocycles. The first kappa shape index (κ1) is 8.35. The summed E-state index contributed by atoms with van der Waals surface area (Å²) >= 11 is 0. The van der Waals surface area contributed by atoms with Gasteiger partial charge in [-0.1, -0.05) is 0 Å². The number of aliphatic carboxylic acids is 1. The molecule has 0 aromatic carbocycles. The molecule has 0 aromatic heterocycles. The Bertz CT molecular complexity index is 184. The maximum Gasteiger partial charge on any atom is 0.328 e. The van der Waals surface area contributed by atoms with Crippen molar-refractivity contribution in [1.82, 2.24) is 5.32 Å². The maximum atomic E-state index is 10.3. The SMILES string of the molecule is O=CNC(=O)/C=C\C(=O)O. The molecule has 0 spiro atoms. The molecular formula is C5H5NO4. The highest BCUT2D eigenvalue weighted by molar-refractivity contribution is 5.98. The monoisotopic (exact) mass is 143 g/mol. The number of rotatable bonds is 3. The fourth-order valence-electron chi connectivity index (χ4n) is 0.253. The Morgan fingerprint density at radius 3 is 2.30 bits per heavy atom. The second-order valence-corrected chi connectivity index (χ2v) is 1.30. The number of nitrogens with one attached hydrogen (secondary N) is 1. The van der Waals surface area contributed by atoms with Gasteiger partial charge in [0.25, 0.3) is 5.91 Å². The lowest BCUT2D eigenvalue weighted by Crippen LogP contribution is -2.18. The Labute approximate surface area is 56.3 Å². The minimum atomic E-state index is -1.24. The first-order valence-corrected chi connectivity index (χ1v) is 2.32. The van der Waals surface area contributed by atoms with E-state index >= 15 is 0 Å². The quantitative estimate of drug-likeness (QED) is 0.388. The van der Waals surface area contributed by atoms with Crippen LogP contribution in [-0.4, -0.2) is 23.4 Å². The number of hydrogen-bond donors (Lipinski definition) is 2. The lowest BCUT2D eigenvalue weighted by Gasteiger charge is -1.84. The Kier molecular flexibility index (Phi) is 3.55. The predicted octanol–water partition coefficient (Wildman–Crippen LogP) is -1.10. The van der Waals surface area contributed by atoms with E-state index in [1.165, 1.54) is 0 Å². The van der Waals surface area contributed by atoms with E-state index in [0.717, 1.165) is 6.08 Å². The van der Waals surface area contributed by atoms with Crippen LogP contribution in [0.3, 0.4) is 0 Å². The molecule has 5 nitrogen and oxygen atoms in total. The lowest BCUT2D eigenvalue weighted by molar-refractivity contribution is -0.132. The Hall–Kier alpha value is -1.65. The van der Waals surface area contributed by atoms with Crippen molar-refractivity contribution in [2.45, 2.75) is 0 Å². The molecule has 0 aliphatic heterocycles. The zero-order valence-corrected chi connectivity index (χ0v) is 4.90. The number of carboxylic acids is 1. The minimum absolute atomic E-state index is 0.175. The molecule has 10 heavy (non-hydrogen) atoms. The summed E-state index contributed by atoms with van der Waals surface area (Å²) in [4.78, 5) is 29.6. The molecule has 0 saturated heterocycles. The average molecular weight is 143 g/mol. The summed E-state index contributed by atoms with van der Waals surface area (Å²) in [6.07, 6.45) is 1.56. The first-order valence-electron chi connectivity index (χ1n) is 2.32. The van der Waals surface area contributed by atoms with Gasteiger partial charge in [0.1, 0.15) is 0 Å². The highest BCUT2D eigenvalue weighted by atomic mass is 16.4. The molecule has 2 N–H and O–H groups in total. The van der Waals surface area contributed by atoms with Crippen molar-refractivity contribution < 1.29 is 19.5 Å². The van der Waals surface area contributed by atoms with Gasteiger partial charge in [0, 0.05) is 12.2 Å². The molecule has 2 amide bonds. The molecule has 0 aromatic rings. The van der Waals surface area contributed by atoms with E-state index in [1.807, 2.05) is 0 Å². The van der Waals surface area contributed by atoms with Gasteiger partial charge in [0.05, 0.1) is 0 Å². The van der Waals surface area contributed by atoms with Crippen LogP contribution in [0.15, 0.2) is 12.2 Å². The molecule has 0 fully saturated rings. The predicted molar refractivity (Wildman–Crippen MR) is 31.0 cm³/mol. The average Bonchev–Trinajstić information content (AvgIpc) is 1.85. The van der Waals surface area contributed by atoms with Gasteiger partial charge in [-0.25, -0.2) is 4.79 Å². The summed E-state index contributed by atoms with van der Waals surface area (Å²) in [5, 5.41) is 9.71. The topological polar surface area (TPSA) is 83.5 Å². The number of carbonyl (C=O) groups is 3. The van der Waals surface area contributed by atoms with Gasteiger partial charge in [-0.2, -0.15) is 0 Å². The van der Waals surface area contributed by atoms with Crippen LogP contribution in [0.5, 0.6) is 0 Å². The molecule has 0 aliphatic carbocycles. The zero-order chi connectivity index (χ0) is 7.98. The highest BCUT2D eigenvalue weighted by Crippen LogP contribution is 1.71. The number of carboxylic acid groups (broad SMARTS) is 1. The van der Waals surface area contributed by atoms with E-state index in [4.69, 9.17) is 5.11 Å². The van der Waals surface area contributed by atoms with Crippen molar-refractivity contribution in [3.63, 3.8) is 0 Å². The van der Waals surface area contributed by atoms with Gasteiger partial charge in [-0.05, 0) is 0 Å². The van der Waals surface area contributed by atoms with Gasteiger partial charge in [-0.3, -0.25) is 14.9 Å². The third-order valence-electron chi connectivity index (χ3n) is 0.578. The zero-order valence-electron chi connectivity index (χ0n) is 4.90. The van der Waals surface area contributed by atoms with Crippen LogP contribution in [0.25, 0.3) is 0 Å². The molecule has 0 heterocycles. The number of hydrogen-bond acceptors (Lipinski definition) is 3. The molecule has 0 bridgehead atoms. The molecule has 0 rings (SSSR count). The molecule has 5 heteroatoms. The molecule has 0 radical (unpaired) electrons. The van der Waals surface area contributed by atoms with Crippen molar-refractivity contribution in [2.24, 2.45) is 0 Å². The first-order chi connectivity index (χ1) is 4.66. The fourth-order valence-corrected chi connectivity index (χ4v) is 0.253. The number of carbonyl (C=O) groups excluding carboxylic acids is 2. The van der Waals surface area contributed by atoms with Crippen molar-refractivity contribution in [3.8, 4) is 0 Å². The van der Waals surface area contributed by atoms with Crippen molar-refractivity contribution in [2.75, 3.05) is 0 Å². The van der Waals surface area contributed by atoms with Crippen molar-refractivity contribution in [3.05, 3.63) is 12.2 Å². The largest absolute Gasteiger partial charge is 0.478 e. The second kappa shape index (κ2) is 4.25. The van der Waals surface area contributed by atoms with Gasteiger partial charge < -0.3 is 5.11 Å². The van der Waals surface area contributed by atoms with E-state index in [1.54, 1.807) is 5.32 Å². The van der Waals surface area contributed by atoms with Crippen LogP contribution in [0.4, 0.5) is 0 Å². The smallest absolute Gasteiger partial charge is 0.328 e. The van der Waals surface area contributed by atoms with Crippen LogP contribution in [-0.2, 0) is 14.4 Å². The van der Waals surface area contributed by atoms with Gasteiger partial charge in [-0.15, -0.1) is 0 Å². The molecule has 0 unspecified atom stereocenters. The Morgan fingerprint density at radius 2 is 1.90 bits per heavy atom. The van der Waals surface area contributed by atoms with E-state index in [9.17, 15) is 14.4 Å². The standard InChI is InChI=1S/C5H5NO4/c7-3-6-4(8)1-2-5(9)10/h1-3H,(H,9,10)(H,6,7,8)/b2-1-. The third kappa shape index (κ3) is 4.51. The number of imide groups is 1. The fraction of sp³-hybridized carbons (Fsp3) is 0. The summed E-state index contributed by atoms with van der Waals surface area (Å²) in [7, 11) is 0. The highest BCUT2D eigenvalue weighted by Gasteiger charge is 1.92.